The van der Waals surface area contributed by atoms with Gasteiger partial charge in [0, 0.05) is 43.9 Å². The minimum absolute atomic E-state index is 0.0170. The number of nitrogens with zero attached hydrogens (tertiary/aromatic N) is 3. The van der Waals surface area contributed by atoms with Crippen molar-refractivity contribution in [1.82, 2.24) is 20.0 Å². The summed E-state index contributed by atoms with van der Waals surface area (Å²) < 4.78 is 7.21. The number of nitrogens with one attached hydrogen (secondary N) is 1. The Morgan fingerprint density at radius 3 is 2.70 bits per heavy atom. The SMILES string of the molecule is O=C(CCc1nc(-c2ccccc2)no1)NCCn1cccc1. The maximum Gasteiger partial charge on any atom is 0.227 e. The highest BCUT2D eigenvalue weighted by atomic mass is 16.5. The first-order valence-corrected chi connectivity index (χ1v) is 7.57. The van der Waals surface area contributed by atoms with Crippen LogP contribution in [0.15, 0.2) is 59.4 Å². The number of carbonyl (C=O) groups is 1. The van der Waals surface area contributed by atoms with Gasteiger partial charge in [-0.2, -0.15) is 4.98 Å². The molecule has 1 N–H and O–H groups in total. The first-order valence-electron chi connectivity index (χ1n) is 7.57. The van der Waals surface area contributed by atoms with Gasteiger partial charge in [-0.1, -0.05) is 35.5 Å². The highest BCUT2D eigenvalue weighted by molar-refractivity contribution is 5.75. The fourth-order valence-corrected chi connectivity index (χ4v) is 2.21. The van der Waals surface area contributed by atoms with Crippen LogP contribution in [0, 0.1) is 0 Å². The van der Waals surface area contributed by atoms with Gasteiger partial charge in [0.15, 0.2) is 0 Å². The third-order valence-electron chi connectivity index (χ3n) is 3.42. The van der Waals surface area contributed by atoms with Crippen LogP contribution in [0.2, 0.25) is 0 Å². The number of hydrogen-bond donors (Lipinski definition) is 1. The van der Waals surface area contributed by atoms with Crippen molar-refractivity contribution in [2.45, 2.75) is 19.4 Å². The van der Waals surface area contributed by atoms with Crippen molar-refractivity contribution in [2.75, 3.05) is 6.54 Å². The zero-order valence-corrected chi connectivity index (χ0v) is 12.7. The highest BCUT2D eigenvalue weighted by Gasteiger charge is 2.10. The molecule has 118 valence electrons. The molecule has 2 heterocycles. The first kappa shape index (κ1) is 15.0. The maximum absolute atomic E-state index is 11.8. The largest absolute Gasteiger partial charge is 0.354 e. The summed E-state index contributed by atoms with van der Waals surface area (Å²) in [5.74, 6) is 1.01. The molecule has 0 atom stereocenters. The lowest BCUT2D eigenvalue weighted by atomic mass is 10.2. The van der Waals surface area contributed by atoms with Crippen molar-refractivity contribution >= 4 is 5.91 Å². The van der Waals surface area contributed by atoms with E-state index < -0.39 is 0 Å². The van der Waals surface area contributed by atoms with Crippen molar-refractivity contribution in [3.8, 4) is 11.4 Å². The summed E-state index contributed by atoms with van der Waals surface area (Å²) in [6, 6.07) is 13.5. The fourth-order valence-electron chi connectivity index (χ4n) is 2.21. The van der Waals surface area contributed by atoms with E-state index in [9.17, 15) is 4.79 Å². The molecule has 0 radical (unpaired) electrons. The van der Waals surface area contributed by atoms with Crippen LogP contribution in [0.3, 0.4) is 0 Å². The molecule has 6 nitrogen and oxygen atoms in total. The normalized spacial score (nSPS) is 10.6. The molecule has 0 spiro atoms. The third kappa shape index (κ3) is 4.29. The van der Waals surface area contributed by atoms with Gasteiger partial charge in [0.05, 0.1) is 0 Å². The van der Waals surface area contributed by atoms with Gasteiger partial charge >= 0.3 is 0 Å². The van der Waals surface area contributed by atoms with E-state index in [2.05, 4.69) is 15.5 Å². The summed E-state index contributed by atoms with van der Waals surface area (Å²) in [6.07, 6.45) is 4.71. The van der Waals surface area contributed by atoms with Crippen LogP contribution < -0.4 is 5.32 Å². The number of rotatable bonds is 7. The van der Waals surface area contributed by atoms with Gasteiger partial charge in [0.1, 0.15) is 0 Å². The van der Waals surface area contributed by atoms with Crippen molar-refractivity contribution in [3.05, 3.63) is 60.7 Å². The zero-order chi connectivity index (χ0) is 15.9. The minimum Gasteiger partial charge on any atom is -0.354 e. The molecule has 1 amide bonds. The van der Waals surface area contributed by atoms with Gasteiger partial charge in [-0.3, -0.25) is 4.79 Å². The third-order valence-corrected chi connectivity index (χ3v) is 3.42. The molecule has 0 unspecified atom stereocenters. The summed E-state index contributed by atoms with van der Waals surface area (Å²) in [7, 11) is 0. The molecule has 0 fully saturated rings. The van der Waals surface area contributed by atoms with Crippen molar-refractivity contribution < 1.29 is 9.32 Å². The van der Waals surface area contributed by atoms with E-state index in [-0.39, 0.29) is 5.91 Å². The monoisotopic (exact) mass is 310 g/mol. The number of aromatic nitrogens is 3. The number of amides is 1. The van der Waals surface area contributed by atoms with Crippen molar-refractivity contribution in [3.63, 3.8) is 0 Å². The van der Waals surface area contributed by atoms with Crippen LogP contribution in [0.1, 0.15) is 12.3 Å². The molecule has 0 aliphatic rings. The second-order valence-electron chi connectivity index (χ2n) is 5.15. The molecule has 0 bridgehead atoms. The molecule has 0 saturated carbocycles. The molecule has 1 aromatic carbocycles. The lowest BCUT2D eigenvalue weighted by Crippen LogP contribution is -2.27. The maximum atomic E-state index is 11.8. The quantitative estimate of drug-likeness (QED) is 0.726. The number of hydrogen-bond acceptors (Lipinski definition) is 4. The molecule has 3 rings (SSSR count). The van der Waals surface area contributed by atoms with E-state index in [1.165, 1.54) is 0 Å². The molecule has 3 aromatic rings. The van der Waals surface area contributed by atoms with Crippen LogP contribution in [-0.4, -0.2) is 27.2 Å². The average Bonchev–Trinajstić information content (AvgIpc) is 3.25. The lowest BCUT2D eigenvalue weighted by Gasteiger charge is -2.05. The standard InChI is InChI=1S/C17H18N4O2/c22-15(18-10-13-21-11-4-5-12-21)8-9-16-19-17(20-23-16)14-6-2-1-3-7-14/h1-7,11-12H,8-10,13H2,(H,18,22). The Kier molecular flexibility index (Phi) is 4.83. The van der Waals surface area contributed by atoms with Gasteiger partial charge in [-0.05, 0) is 12.1 Å². The van der Waals surface area contributed by atoms with E-state index in [0.717, 1.165) is 12.1 Å². The first-order chi connectivity index (χ1) is 11.3. The van der Waals surface area contributed by atoms with E-state index in [4.69, 9.17) is 4.52 Å². The molecule has 0 saturated heterocycles. The molecule has 23 heavy (non-hydrogen) atoms. The van der Waals surface area contributed by atoms with Gasteiger partial charge in [0.25, 0.3) is 0 Å². The summed E-state index contributed by atoms with van der Waals surface area (Å²) in [5.41, 5.74) is 0.902. The van der Waals surface area contributed by atoms with Crippen LogP contribution in [-0.2, 0) is 17.8 Å². The van der Waals surface area contributed by atoms with Gasteiger partial charge in [0.2, 0.25) is 17.6 Å². The molecular weight excluding hydrogens is 292 g/mol. The van der Waals surface area contributed by atoms with Gasteiger partial charge in [-0.25, -0.2) is 0 Å². The lowest BCUT2D eigenvalue weighted by molar-refractivity contribution is -0.121. The summed E-state index contributed by atoms with van der Waals surface area (Å²) in [6.45, 7) is 1.37. The minimum atomic E-state index is -0.0170. The topological polar surface area (TPSA) is 72.9 Å². The summed E-state index contributed by atoms with van der Waals surface area (Å²) >= 11 is 0. The van der Waals surface area contributed by atoms with Crippen molar-refractivity contribution in [2.24, 2.45) is 0 Å². The average molecular weight is 310 g/mol. The fraction of sp³-hybridized carbons (Fsp3) is 0.235. The van der Waals surface area contributed by atoms with Gasteiger partial charge < -0.3 is 14.4 Å². The summed E-state index contributed by atoms with van der Waals surface area (Å²) in [5, 5.41) is 6.82. The Labute approximate surface area is 134 Å². The smallest absolute Gasteiger partial charge is 0.227 e. The van der Waals surface area contributed by atoms with Crippen LogP contribution in [0.5, 0.6) is 0 Å². The Bertz CT molecular complexity index is 735. The van der Waals surface area contributed by atoms with E-state index in [1.807, 2.05) is 59.4 Å². The van der Waals surface area contributed by atoms with Crippen molar-refractivity contribution in [1.29, 1.82) is 0 Å². The number of benzene rings is 1. The van der Waals surface area contributed by atoms with E-state index >= 15 is 0 Å². The molecule has 6 heteroatoms. The highest BCUT2D eigenvalue weighted by Crippen LogP contribution is 2.15. The molecular formula is C17H18N4O2. The molecule has 2 aromatic heterocycles. The number of aryl methyl sites for hydroxylation is 1. The van der Waals surface area contributed by atoms with Crippen LogP contribution in [0.25, 0.3) is 11.4 Å². The Morgan fingerprint density at radius 1 is 1.13 bits per heavy atom. The molecule has 0 aliphatic heterocycles. The predicted octanol–water partition coefficient (Wildman–Crippen LogP) is 2.29. The van der Waals surface area contributed by atoms with E-state index in [1.54, 1.807) is 0 Å². The second-order valence-corrected chi connectivity index (χ2v) is 5.15. The van der Waals surface area contributed by atoms with Crippen LogP contribution >= 0.6 is 0 Å². The van der Waals surface area contributed by atoms with E-state index in [0.29, 0.717) is 31.1 Å². The molecule has 0 aliphatic carbocycles. The summed E-state index contributed by atoms with van der Waals surface area (Å²) in [4.78, 5) is 16.1. The Hall–Kier alpha value is -2.89. The van der Waals surface area contributed by atoms with Crippen LogP contribution in [0.4, 0.5) is 0 Å². The zero-order valence-electron chi connectivity index (χ0n) is 12.7. The predicted molar refractivity (Wildman–Crippen MR) is 85.5 cm³/mol. The number of carbonyl (C=O) groups excluding carboxylic acids is 1. The Balaban J connectivity index is 1.43. The van der Waals surface area contributed by atoms with Gasteiger partial charge in [-0.15, -0.1) is 0 Å². The Morgan fingerprint density at radius 2 is 1.91 bits per heavy atom. The second kappa shape index (κ2) is 7.40.